The van der Waals surface area contributed by atoms with Crippen LogP contribution >= 0.6 is 22.6 Å². The second kappa shape index (κ2) is 6.25. The van der Waals surface area contributed by atoms with E-state index < -0.39 is 8.32 Å². The molecule has 0 bridgehead atoms. The van der Waals surface area contributed by atoms with Gasteiger partial charge in [0, 0.05) is 0 Å². The lowest BCUT2D eigenvalue weighted by Gasteiger charge is -2.36. The molecule has 6 heteroatoms. The van der Waals surface area contributed by atoms with Gasteiger partial charge >= 0.3 is 0 Å². The van der Waals surface area contributed by atoms with Crippen molar-refractivity contribution in [3.05, 3.63) is 28.2 Å². The highest BCUT2D eigenvalue weighted by molar-refractivity contribution is 14.1. The minimum Gasteiger partial charge on any atom is -0.490 e. The summed E-state index contributed by atoms with van der Waals surface area (Å²) < 4.78 is 15.0. The Bertz CT molecular complexity index is 620. The van der Waals surface area contributed by atoms with E-state index in [4.69, 9.17) is 9.16 Å². The van der Waals surface area contributed by atoms with Crippen molar-refractivity contribution < 1.29 is 9.16 Å². The van der Waals surface area contributed by atoms with Crippen LogP contribution in [0.15, 0.2) is 24.5 Å². The third-order valence-corrected chi connectivity index (χ3v) is 9.39. The van der Waals surface area contributed by atoms with E-state index in [1.807, 2.05) is 28.9 Å². The van der Waals surface area contributed by atoms with Crippen LogP contribution in [0.2, 0.25) is 18.1 Å². The van der Waals surface area contributed by atoms with E-state index in [1.54, 1.807) is 0 Å². The number of pyridine rings is 1. The van der Waals surface area contributed by atoms with E-state index in [0.29, 0.717) is 13.2 Å². The molecule has 2 rings (SSSR count). The summed E-state index contributed by atoms with van der Waals surface area (Å²) in [5.41, 5.74) is 0.935. The standard InChI is InChI=1S/C15H23IN2O2Si/c1-15(2,3)21(4,5)20-9-8-19-12-6-7-14-17-10-13(16)18(14)11-12/h6-7,10-11H,8-9H2,1-5H3. The monoisotopic (exact) mass is 418 g/mol. The molecule has 4 nitrogen and oxygen atoms in total. The predicted molar refractivity (Wildman–Crippen MR) is 96.6 cm³/mol. The van der Waals surface area contributed by atoms with Crippen LogP contribution in [0.1, 0.15) is 20.8 Å². The maximum absolute atomic E-state index is 6.11. The summed E-state index contributed by atoms with van der Waals surface area (Å²) in [6.45, 7) is 12.5. The van der Waals surface area contributed by atoms with E-state index in [-0.39, 0.29) is 5.04 Å². The number of fused-ring (bicyclic) bond motifs is 1. The SMILES string of the molecule is CC(C)(C)[Si](C)(C)OCCOc1ccc2ncc(I)n2c1. The van der Waals surface area contributed by atoms with Crippen molar-refractivity contribution in [2.75, 3.05) is 13.2 Å². The fourth-order valence-electron chi connectivity index (χ4n) is 1.69. The first-order valence-electron chi connectivity index (χ1n) is 7.10. The van der Waals surface area contributed by atoms with Gasteiger partial charge in [-0.25, -0.2) is 4.98 Å². The molecule has 0 radical (unpaired) electrons. The first kappa shape index (κ1) is 16.8. The fourth-order valence-corrected chi connectivity index (χ4v) is 3.24. The van der Waals surface area contributed by atoms with Crippen molar-refractivity contribution in [1.82, 2.24) is 9.38 Å². The molecule has 0 spiro atoms. The van der Waals surface area contributed by atoms with Gasteiger partial charge in [-0.05, 0) is 52.9 Å². The average Bonchev–Trinajstić information content (AvgIpc) is 2.75. The number of ether oxygens (including phenoxy) is 1. The van der Waals surface area contributed by atoms with Crippen LogP contribution < -0.4 is 4.74 Å². The zero-order valence-electron chi connectivity index (χ0n) is 13.3. The first-order valence-corrected chi connectivity index (χ1v) is 11.1. The number of hydrogen-bond acceptors (Lipinski definition) is 3. The van der Waals surface area contributed by atoms with Crippen molar-refractivity contribution in [3.8, 4) is 5.75 Å². The van der Waals surface area contributed by atoms with E-state index in [0.717, 1.165) is 15.1 Å². The Morgan fingerprint density at radius 2 is 1.95 bits per heavy atom. The lowest BCUT2D eigenvalue weighted by Crippen LogP contribution is -2.41. The zero-order chi connectivity index (χ0) is 15.7. The molecule has 0 N–H and O–H groups in total. The Hall–Kier alpha value is -0.603. The Morgan fingerprint density at radius 1 is 1.24 bits per heavy atom. The van der Waals surface area contributed by atoms with Gasteiger partial charge in [-0.3, -0.25) is 4.40 Å². The second-order valence-electron chi connectivity index (χ2n) is 6.63. The van der Waals surface area contributed by atoms with Gasteiger partial charge in [0.2, 0.25) is 0 Å². The van der Waals surface area contributed by atoms with Crippen LogP contribution in [0.5, 0.6) is 5.75 Å². The minimum absolute atomic E-state index is 0.235. The summed E-state index contributed by atoms with van der Waals surface area (Å²) in [4.78, 5) is 4.30. The van der Waals surface area contributed by atoms with E-state index in [2.05, 4.69) is 61.4 Å². The van der Waals surface area contributed by atoms with Crippen molar-refractivity contribution in [3.63, 3.8) is 0 Å². The highest BCUT2D eigenvalue weighted by Crippen LogP contribution is 2.36. The Balaban J connectivity index is 1.89. The molecule has 0 aromatic carbocycles. The zero-order valence-corrected chi connectivity index (χ0v) is 16.5. The van der Waals surface area contributed by atoms with Gasteiger partial charge in [0.05, 0.1) is 19.0 Å². The van der Waals surface area contributed by atoms with Gasteiger partial charge in [0.1, 0.15) is 21.7 Å². The molecular weight excluding hydrogens is 395 g/mol. The summed E-state index contributed by atoms with van der Waals surface area (Å²) in [5.74, 6) is 0.845. The van der Waals surface area contributed by atoms with Gasteiger partial charge < -0.3 is 9.16 Å². The van der Waals surface area contributed by atoms with Crippen molar-refractivity contribution in [1.29, 1.82) is 0 Å². The molecule has 0 saturated heterocycles. The van der Waals surface area contributed by atoms with Crippen LogP contribution in [0, 0.1) is 3.70 Å². The maximum atomic E-state index is 6.11. The lowest BCUT2D eigenvalue weighted by molar-refractivity contribution is 0.203. The molecule has 21 heavy (non-hydrogen) atoms. The van der Waals surface area contributed by atoms with E-state index in [9.17, 15) is 0 Å². The first-order chi connectivity index (χ1) is 9.71. The largest absolute Gasteiger partial charge is 0.490 e. The summed E-state index contributed by atoms with van der Waals surface area (Å²) in [5, 5.41) is 0.235. The van der Waals surface area contributed by atoms with Gasteiger partial charge in [0.25, 0.3) is 0 Å². The molecule has 0 aliphatic carbocycles. The Kier molecular flexibility index (Phi) is 4.99. The Labute approximate surface area is 141 Å². The van der Waals surface area contributed by atoms with Crippen LogP contribution in [0.4, 0.5) is 0 Å². The molecule has 0 aliphatic heterocycles. The normalized spacial score (nSPS) is 12.9. The Morgan fingerprint density at radius 3 is 2.62 bits per heavy atom. The number of rotatable bonds is 5. The quantitative estimate of drug-likeness (QED) is 0.412. The molecular formula is C15H23IN2O2Si. The van der Waals surface area contributed by atoms with Crippen molar-refractivity contribution in [2.45, 2.75) is 38.9 Å². The number of nitrogens with zero attached hydrogens (tertiary/aromatic N) is 2. The molecule has 0 saturated carbocycles. The van der Waals surface area contributed by atoms with Crippen LogP contribution in [-0.2, 0) is 4.43 Å². The molecule has 0 fully saturated rings. The summed E-state index contributed by atoms with van der Waals surface area (Å²) in [6.07, 6.45) is 3.82. The maximum Gasteiger partial charge on any atom is 0.192 e. The van der Waals surface area contributed by atoms with Crippen LogP contribution in [-0.4, -0.2) is 30.9 Å². The summed E-state index contributed by atoms with van der Waals surface area (Å²) in [6, 6.07) is 3.91. The fraction of sp³-hybridized carbons (Fsp3) is 0.533. The molecule has 2 aromatic heterocycles. The molecule has 116 valence electrons. The van der Waals surface area contributed by atoms with Crippen LogP contribution in [0.3, 0.4) is 0 Å². The molecule has 2 heterocycles. The average molecular weight is 418 g/mol. The minimum atomic E-state index is -1.68. The topological polar surface area (TPSA) is 35.8 Å². The van der Waals surface area contributed by atoms with Gasteiger partial charge in [-0.2, -0.15) is 0 Å². The third-order valence-electron chi connectivity index (χ3n) is 4.05. The number of halogens is 1. The molecule has 0 atom stereocenters. The molecule has 0 amide bonds. The van der Waals surface area contributed by atoms with E-state index in [1.165, 1.54) is 0 Å². The summed E-state index contributed by atoms with van der Waals surface area (Å²) >= 11 is 2.26. The summed E-state index contributed by atoms with van der Waals surface area (Å²) in [7, 11) is -1.68. The van der Waals surface area contributed by atoms with Crippen molar-refractivity contribution in [2.24, 2.45) is 0 Å². The lowest BCUT2D eigenvalue weighted by atomic mass is 10.2. The van der Waals surface area contributed by atoms with Gasteiger partial charge in [0.15, 0.2) is 8.32 Å². The molecule has 2 aromatic rings. The molecule has 0 unspecified atom stereocenters. The highest BCUT2D eigenvalue weighted by Gasteiger charge is 2.36. The highest BCUT2D eigenvalue weighted by atomic mass is 127. The molecule has 0 aliphatic rings. The van der Waals surface area contributed by atoms with Gasteiger partial charge in [-0.1, -0.05) is 20.8 Å². The van der Waals surface area contributed by atoms with Crippen LogP contribution in [0.25, 0.3) is 5.65 Å². The number of imidazole rings is 1. The van der Waals surface area contributed by atoms with Gasteiger partial charge in [-0.15, -0.1) is 0 Å². The predicted octanol–water partition coefficient (Wildman–Crippen LogP) is 4.34. The number of aromatic nitrogens is 2. The second-order valence-corrected chi connectivity index (χ2v) is 12.5. The van der Waals surface area contributed by atoms with Crippen molar-refractivity contribution >= 4 is 36.6 Å². The third kappa shape index (κ3) is 3.98. The van der Waals surface area contributed by atoms with E-state index >= 15 is 0 Å². The number of hydrogen-bond donors (Lipinski definition) is 0. The smallest absolute Gasteiger partial charge is 0.192 e.